The van der Waals surface area contributed by atoms with Crippen molar-refractivity contribution in [1.82, 2.24) is 0 Å². The third kappa shape index (κ3) is 2.88. The second kappa shape index (κ2) is 6.18. The number of aldehydes is 1. The second-order valence-electron chi connectivity index (χ2n) is 5.47. The highest BCUT2D eigenvalue weighted by Crippen LogP contribution is 2.46. The van der Waals surface area contributed by atoms with Crippen molar-refractivity contribution in [2.45, 2.75) is 45.4 Å². The van der Waals surface area contributed by atoms with Gasteiger partial charge < -0.3 is 4.79 Å². The fourth-order valence-electron chi connectivity index (χ4n) is 3.65. The molecule has 1 saturated carbocycles. The Kier molecular flexibility index (Phi) is 4.58. The van der Waals surface area contributed by atoms with Gasteiger partial charge in [-0.05, 0) is 49.4 Å². The third-order valence-electron chi connectivity index (χ3n) is 4.46. The maximum absolute atomic E-state index is 10.6. The summed E-state index contributed by atoms with van der Waals surface area (Å²) in [6, 6.07) is 0. The van der Waals surface area contributed by atoms with E-state index in [9.17, 15) is 4.79 Å². The van der Waals surface area contributed by atoms with E-state index in [1.54, 1.807) is 0 Å². The molecular weight excluding hydrogens is 208 g/mol. The molecule has 0 radical (unpaired) electrons. The summed E-state index contributed by atoms with van der Waals surface area (Å²) in [5.41, 5.74) is 0. The lowest BCUT2D eigenvalue weighted by atomic mass is 9.70. The van der Waals surface area contributed by atoms with Crippen LogP contribution in [0.3, 0.4) is 0 Å². The van der Waals surface area contributed by atoms with Crippen molar-refractivity contribution in [3.05, 3.63) is 24.3 Å². The fourth-order valence-corrected chi connectivity index (χ4v) is 3.65. The van der Waals surface area contributed by atoms with Gasteiger partial charge in [0.15, 0.2) is 0 Å². The molecule has 1 fully saturated rings. The first-order valence-electron chi connectivity index (χ1n) is 7.15. The van der Waals surface area contributed by atoms with E-state index in [1.807, 2.05) is 0 Å². The molecule has 0 aromatic heterocycles. The quantitative estimate of drug-likeness (QED) is 0.514. The molecule has 4 atom stereocenters. The molecule has 0 unspecified atom stereocenters. The van der Waals surface area contributed by atoms with Crippen LogP contribution in [0.1, 0.15) is 45.4 Å². The zero-order valence-electron chi connectivity index (χ0n) is 10.8. The zero-order valence-corrected chi connectivity index (χ0v) is 10.8. The Hall–Kier alpha value is -0.850. The summed E-state index contributed by atoms with van der Waals surface area (Å²) in [5.74, 6) is 2.93. The van der Waals surface area contributed by atoms with Crippen LogP contribution in [0.15, 0.2) is 24.3 Å². The van der Waals surface area contributed by atoms with E-state index in [0.29, 0.717) is 11.8 Å². The predicted molar refractivity (Wildman–Crippen MR) is 71.7 cm³/mol. The molecule has 1 nitrogen and oxygen atoms in total. The van der Waals surface area contributed by atoms with Crippen LogP contribution in [0, 0.1) is 23.7 Å². The van der Waals surface area contributed by atoms with Gasteiger partial charge in [-0.1, -0.05) is 37.6 Å². The number of allylic oxidation sites excluding steroid dienone is 4. The summed E-state index contributed by atoms with van der Waals surface area (Å²) in [6.45, 7) is 2.18. The summed E-state index contributed by atoms with van der Waals surface area (Å²) in [6.07, 6.45) is 17.6. The van der Waals surface area contributed by atoms with Gasteiger partial charge in [0.05, 0.1) is 0 Å². The molecule has 0 saturated heterocycles. The summed E-state index contributed by atoms with van der Waals surface area (Å²) in [4.78, 5) is 10.6. The van der Waals surface area contributed by atoms with Crippen molar-refractivity contribution in [2.24, 2.45) is 23.7 Å². The molecule has 0 bridgehead atoms. The van der Waals surface area contributed by atoms with Gasteiger partial charge >= 0.3 is 0 Å². The molecule has 0 amide bonds. The van der Waals surface area contributed by atoms with Crippen LogP contribution in [-0.2, 0) is 4.79 Å². The number of hydrogen-bond donors (Lipinski definition) is 0. The molecule has 0 aliphatic heterocycles. The number of rotatable bonds is 5. The summed E-state index contributed by atoms with van der Waals surface area (Å²) in [5, 5.41) is 0. The van der Waals surface area contributed by atoms with E-state index in [2.05, 4.69) is 31.2 Å². The summed E-state index contributed by atoms with van der Waals surface area (Å²) in [7, 11) is 0. The number of hydrogen-bond acceptors (Lipinski definition) is 1. The Balaban J connectivity index is 2.09. The monoisotopic (exact) mass is 232 g/mol. The summed E-state index contributed by atoms with van der Waals surface area (Å²) < 4.78 is 0. The van der Waals surface area contributed by atoms with Crippen molar-refractivity contribution in [3.8, 4) is 0 Å². The Labute approximate surface area is 105 Å². The maximum Gasteiger partial charge on any atom is 0.120 e. The second-order valence-corrected chi connectivity index (χ2v) is 5.47. The standard InChI is InChI=1S/C16H24O/c1-2-3-6-13-10-11-14-7-4-8-15(14)16(13)9-5-12-17/h3,6,10-16H,2,4-5,7-9H2,1H3/b6-3+/t13-,14+,15-,16-/m1/s1. The Morgan fingerprint density at radius 2 is 2.18 bits per heavy atom. The third-order valence-corrected chi connectivity index (χ3v) is 4.46. The highest BCUT2D eigenvalue weighted by Gasteiger charge is 2.37. The number of carbonyl (C=O) groups is 1. The summed E-state index contributed by atoms with van der Waals surface area (Å²) >= 11 is 0. The van der Waals surface area contributed by atoms with Crippen molar-refractivity contribution in [3.63, 3.8) is 0 Å². The van der Waals surface area contributed by atoms with Crippen molar-refractivity contribution in [2.75, 3.05) is 0 Å². The van der Waals surface area contributed by atoms with E-state index in [0.717, 1.165) is 37.4 Å². The predicted octanol–water partition coefficient (Wildman–Crippen LogP) is 4.15. The molecule has 2 rings (SSSR count). The molecule has 94 valence electrons. The highest BCUT2D eigenvalue weighted by molar-refractivity contribution is 5.49. The Bertz CT molecular complexity index is 303. The zero-order chi connectivity index (χ0) is 12.1. The van der Waals surface area contributed by atoms with Crippen LogP contribution in [0.5, 0.6) is 0 Å². The molecule has 0 heterocycles. The minimum absolute atomic E-state index is 0.578. The van der Waals surface area contributed by atoms with Crippen molar-refractivity contribution >= 4 is 6.29 Å². The average molecular weight is 232 g/mol. The van der Waals surface area contributed by atoms with Gasteiger partial charge in [-0.25, -0.2) is 0 Å². The van der Waals surface area contributed by atoms with Crippen LogP contribution in [0.25, 0.3) is 0 Å². The first-order valence-corrected chi connectivity index (χ1v) is 7.15. The first-order chi connectivity index (χ1) is 8.36. The molecule has 0 spiro atoms. The van der Waals surface area contributed by atoms with Gasteiger partial charge in [0.2, 0.25) is 0 Å². The maximum atomic E-state index is 10.6. The van der Waals surface area contributed by atoms with E-state index in [-0.39, 0.29) is 0 Å². The van der Waals surface area contributed by atoms with Gasteiger partial charge in [-0.15, -0.1) is 0 Å². The van der Waals surface area contributed by atoms with Crippen molar-refractivity contribution in [1.29, 1.82) is 0 Å². The molecule has 2 aliphatic carbocycles. The van der Waals surface area contributed by atoms with E-state index in [1.165, 1.54) is 19.3 Å². The van der Waals surface area contributed by atoms with Crippen LogP contribution >= 0.6 is 0 Å². The van der Waals surface area contributed by atoms with E-state index >= 15 is 0 Å². The SMILES string of the molecule is CC/C=C/[C@@H]1C=C[C@@H]2CCC[C@H]2[C@@H]1CCC=O. The van der Waals surface area contributed by atoms with E-state index in [4.69, 9.17) is 0 Å². The molecular formula is C16H24O. The minimum Gasteiger partial charge on any atom is -0.303 e. The lowest BCUT2D eigenvalue weighted by Crippen LogP contribution is -2.27. The molecule has 2 aliphatic rings. The minimum atomic E-state index is 0.578. The lowest BCUT2D eigenvalue weighted by molar-refractivity contribution is -0.108. The number of fused-ring (bicyclic) bond motifs is 1. The molecule has 0 N–H and O–H groups in total. The lowest BCUT2D eigenvalue weighted by Gasteiger charge is -2.35. The van der Waals surface area contributed by atoms with Gasteiger partial charge in [-0.2, -0.15) is 0 Å². The van der Waals surface area contributed by atoms with Gasteiger partial charge in [0.25, 0.3) is 0 Å². The molecule has 1 heteroatoms. The van der Waals surface area contributed by atoms with Gasteiger partial charge in [0, 0.05) is 6.42 Å². The largest absolute Gasteiger partial charge is 0.303 e. The molecule has 0 aromatic rings. The fraction of sp³-hybridized carbons (Fsp3) is 0.688. The first kappa shape index (κ1) is 12.6. The topological polar surface area (TPSA) is 17.1 Å². The smallest absolute Gasteiger partial charge is 0.120 e. The van der Waals surface area contributed by atoms with Crippen LogP contribution in [0.2, 0.25) is 0 Å². The Morgan fingerprint density at radius 3 is 2.94 bits per heavy atom. The van der Waals surface area contributed by atoms with E-state index < -0.39 is 0 Å². The number of carbonyl (C=O) groups excluding carboxylic acids is 1. The molecule has 17 heavy (non-hydrogen) atoms. The van der Waals surface area contributed by atoms with Crippen LogP contribution in [0.4, 0.5) is 0 Å². The molecule has 0 aromatic carbocycles. The highest BCUT2D eigenvalue weighted by atomic mass is 16.1. The normalized spacial score (nSPS) is 36.3. The average Bonchev–Trinajstić information content (AvgIpc) is 2.82. The Morgan fingerprint density at radius 1 is 1.29 bits per heavy atom. The van der Waals surface area contributed by atoms with Gasteiger partial charge in [0.1, 0.15) is 6.29 Å². The van der Waals surface area contributed by atoms with Gasteiger partial charge in [-0.3, -0.25) is 0 Å². The van der Waals surface area contributed by atoms with Crippen molar-refractivity contribution < 1.29 is 4.79 Å². The van der Waals surface area contributed by atoms with Crippen LogP contribution in [-0.4, -0.2) is 6.29 Å². The van der Waals surface area contributed by atoms with Crippen LogP contribution < -0.4 is 0 Å².